The van der Waals surface area contributed by atoms with Crippen LogP contribution in [0, 0.1) is 6.92 Å². The van der Waals surface area contributed by atoms with Crippen LogP contribution in [0.4, 0.5) is 0 Å². The van der Waals surface area contributed by atoms with Crippen molar-refractivity contribution in [2.45, 2.75) is 44.7 Å². The molecule has 2 aromatic rings. The Hall–Kier alpha value is -1.81. The Bertz CT molecular complexity index is 831. The highest BCUT2D eigenvalue weighted by molar-refractivity contribution is 7.89. The Labute approximate surface area is 155 Å². The first kappa shape index (κ1) is 20.5. The van der Waals surface area contributed by atoms with Crippen LogP contribution in [-0.4, -0.2) is 54.3 Å². The minimum absolute atomic E-state index is 0. The lowest BCUT2D eigenvalue weighted by atomic mass is 10.2. The smallest absolute Gasteiger partial charge is 0.238 e. The molecule has 3 N–H and O–H groups in total. The predicted molar refractivity (Wildman–Crippen MR) is 102 cm³/mol. The van der Waals surface area contributed by atoms with Crippen molar-refractivity contribution < 1.29 is 8.42 Å². The summed E-state index contributed by atoms with van der Waals surface area (Å²) in [7, 11) is -1.55. The Morgan fingerprint density at radius 2 is 2.00 bits per heavy atom. The molecule has 1 aliphatic rings. The second kappa shape index (κ2) is 8.26. The van der Waals surface area contributed by atoms with Gasteiger partial charge in [-0.15, -0.1) is 0 Å². The molecule has 0 spiro atoms. The Balaban J connectivity index is 0.00000243. The number of rotatable bonds is 6. The number of nitrogens with one attached hydrogen (secondary N) is 1. The van der Waals surface area contributed by atoms with Gasteiger partial charge in [-0.25, -0.2) is 23.2 Å². The summed E-state index contributed by atoms with van der Waals surface area (Å²) in [6.07, 6.45) is 2.46. The van der Waals surface area contributed by atoms with E-state index in [0.717, 1.165) is 24.6 Å². The molecule has 1 aliphatic heterocycles. The van der Waals surface area contributed by atoms with E-state index in [4.69, 9.17) is 5.14 Å². The topological polar surface area (TPSA) is 106 Å². The van der Waals surface area contributed by atoms with Gasteiger partial charge in [0.1, 0.15) is 11.6 Å². The molecule has 8 nitrogen and oxygen atoms in total. The lowest BCUT2D eigenvalue weighted by Gasteiger charge is -2.19. The molecule has 0 amide bonds. The average Bonchev–Trinajstić information content (AvgIpc) is 3.13. The van der Waals surface area contributed by atoms with Crippen LogP contribution in [0.2, 0.25) is 0 Å². The van der Waals surface area contributed by atoms with Gasteiger partial charge in [-0.1, -0.05) is 7.43 Å². The average molecular weight is 381 g/mol. The van der Waals surface area contributed by atoms with E-state index in [9.17, 15) is 8.42 Å². The van der Waals surface area contributed by atoms with Gasteiger partial charge in [0.2, 0.25) is 10.0 Å². The fourth-order valence-corrected chi connectivity index (χ4v) is 3.66. The highest BCUT2D eigenvalue weighted by atomic mass is 32.2. The number of primary sulfonamides is 1. The Morgan fingerprint density at radius 3 is 2.58 bits per heavy atom. The second-order valence-corrected chi connectivity index (χ2v) is 7.99. The van der Waals surface area contributed by atoms with Gasteiger partial charge in [0.25, 0.3) is 0 Å². The molecule has 26 heavy (non-hydrogen) atoms. The molecule has 1 atom stereocenters. The van der Waals surface area contributed by atoms with Crippen molar-refractivity contribution >= 4 is 10.0 Å². The molecule has 0 aliphatic carbocycles. The highest BCUT2D eigenvalue weighted by Crippen LogP contribution is 2.15. The van der Waals surface area contributed by atoms with Crippen molar-refractivity contribution in [2.24, 2.45) is 5.14 Å². The first-order valence-electron chi connectivity index (χ1n) is 8.31. The summed E-state index contributed by atoms with van der Waals surface area (Å²) >= 11 is 0. The van der Waals surface area contributed by atoms with Crippen LogP contribution in [-0.2, 0) is 16.6 Å². The first-order valence-corrected chi connectivity index (χ1v) is 9.86. The van der Waals surface area contributed by atoms with E-state index in [1.54, 1.807) is 16.8 Å². The Kier molecular flexibility index (Phi) is 6.51. The fraction of sp³-hybridized carbons (Fsp3) is 0.529. The minimum Gasteiger partial charge on any atom is -0.308 e. The summed E-state index contributed by atoms with van der Waals surface area (Å²) in [6, 6.07) is 6.88. The number of aryl methyl sites for hydroxylation is 1. The number of hydrogen-bond acceptors (Lipinski definition) is 6. The normalized spacial score (nSPS) is 18.0. The second-order valence-electron chi connectivity index (χ2n) is 6.43. The monoisotopic (exact) mass is 380 g/mol. The maximum absolute atomic E-state index is 11.4. The molecule has 0 radical (unpaired) electrons. The number of nitrogens with zero attached hydrogens (tertiary/aromatic N) is 4. The van der Waals surface area contributed by atoms with Gasteiger partial charge >= 0.3 is 0 Å². The van der Waals surface area contributed by atoms with Crippen molar-refractivity contribution in [2.75, 3.05) is 20.1 Å². The van der Waals surface area contributed by atoms with Gasteiger partial charge in [0.05, 0.1) is 17.1 Å². The molecule has 9 heteroatoms. The molecule has 2 heterocycles. The van der Waals surface area contributed by atoms with E-state index in [0.29, 0.717) is 18.4 Å². The third kappa shape index (κ3) is 4.67. The van der Waals surface area contributed by atoms with Crippen LogP contribution in [0.15, 0.2) is 29.2 Å². The van der Waals surface area contributed by atoms with E-state index in [1.165, 1.54) is 25.0 Å². The number of sulfonamides is 1. The van der Waals surface area contributed by atoms with Crippen LogP contribution >= 0.6 is 0 Å². The van der Waals surface area contributed by atoms with Gasteiger partial charge in [0, 0.05) is 12.6 Å². The van der Waals surface area contributed by atoms with Gasteiger partial charge in [-0.05, 0) is 57.6 Å². The summed E-state index contributed by atoms with van der Waals surface area (Å²) in [5.74, 6) is 1.46. The number of likely N-dealkylation sites (tertiary alicyclic amines) is 1. The number of likely N-dealkylation sites (N-methyl/N-ethyl adjacent to an activating group) is 1. The molecule has 1 aromatic carbocycles. The van der Waals surface area contributed by atoms with E-state index in [-0.39, 0.29) is 12.3 Å². The number of hydrogen-bond donors (Lipinski definition) is 2. The molecular weight excluding hydrogens is 352 g/mol. The predicted octanol–water partition coefficient (Wildman–Crippen LogP) is 1.04. The van der Waals surface area contributed by atoms with E-state index < -0.39 is 10.0 Å². The molecule has 0 saturated carbocycles. The standard InChI is InChI=1S/C16H24N6O2S.CH4/c1-12-19-16(11-18-10-14-4-3-9-21(14)2)22(20-12)13-5-7-15(8-6-13)25(17,23)24;/h5-8,14,18H,3-4,9-11H2,1-2H3,(H2,17,23,24);1H4/t14-;/m0./s1. The number of benzene rings is 1. The van der Waals surface area contributed by atoms with Crippen LogP contribution in [0.1, 0.15) is 31.9 Å². The van der Waals surface area contributed by atoms with Gasteiger partial charge in [0.15, 0.2) is 0 Å². The maximum Gasteiger partial charge on any atom is 0.238 e. The molecule has 1 aromatic heterocycles. The highest BCUT2D eigenvalue weighted by Gasteiger charge is 2.20. The van der Waals surface area contributed by atoms with Crippen LogP contribution < -0.4 is 10.5 Å². The largest absolute Gasteiger partial charge is 0.308 e. The summed E-state index contributed by atoms with van der Waals surface area (Å²) in [5, 5.41) is 13.0. The lowest BCUT2D eigenvalue weighted by molar-refractivity contribution is 0.299. The van der Waals surface area contributed by atoms with Crippen LogP contribution in [0.5, 0.6) is 0 Å². The number of nitrogens with two attached hydrogens (primary N) is 1. The number of aromatic nitrogens is 3. The van der Waals surface area contributed by atoms with E-state index >= 15 is 0 Å². The Morgan fingerprint density at radius 1 is 1.31 bits per heavy atom. The molecule has 1 saturated heterocycles. The summed E-state index contributed by atoms with van der Waals surface area (Å²) in [5.41, 5.74) is 0.753. The molecule has 0 unspecified atom stereocenters. The summed E-state index contributed by atoms with van der Waals surface area (Å²) in [6.45, 7) is 4.50. The van der Waals surface area contributed by atoms with Crippen LogP contribution in [0.3, 0.4) is 0 Å². The summed E-state index contributed by atoms with van der Waals surface area (Å²) in [4.78, 5) is 6.92. The lowest BCUT2D eigenvalue weighted by Crippen LogP contribution is -2.35. The van der Waals surface area contributed by atoms with Crippen molar-refractivity contribution in [1.82, 2.24) is 25.0 Å². The third-order valence-electron chi connectivity index (χ3n) is 4.52. The van der Waals surface area contributed by atoms with Gasteiger partial charge in [-0.3, -0.25) is 0 Å². The molecule has 144 valence electrons. The zero-order valence-electron chi connectivity index (χ0n) is 14.5. The van der Waals surface area contributed by atoms with Gasteiger partial charge in [-0.2, -0.15) is 5.10 Å². The molecular formula is C17H28N6O2S. The summed E-state index contributed by atoms with van der Waals surface area (Å²) < 4.78 is 24.5. The third-order valence-corrected chi connectivity index (χ3v) is 5.45. The van der Waals surface area contributed by atoms with Crippen LogP contribution in [0.25, 0.3) is 5.69 Å². The van der Waals surface area contributed by atoms with E-state index in [2.05, 4.69) is 27.3 Å². The zero-order chi connectivity index (χ0) is 18.0. The van der Waals surface area contributed by atoms with Crippen molar-refractivity contribution in [3.63, 3.8) is 0 Å². The van der Waals surface area contributed by atoms with Gasteiger partial charge < -0.3 is 10.2 Å². The molecule has 3 rings (SSSR count). The maximum atomic E-state index is 11.4. The SMILES string of the molecule is C.Cc1nc(CNC[C@@H]2CCCN2C)n(-c2ccc(S(N)(=O)=O)cc2)n1. The molecule has 0 bridgehead atoms. The van der Waals surface area contributed by atoms with E-state index in [1.807, 2.05) is 6.92 Å². The van der Waals surface area contributed by atoms with Crippen molar-refractivity contribution in [3.8, 4) is 5.69 Å². The quantitative estimate of drug-likeness (QED) is 0.776. The minimum atomic E-state index is -3.70. The first-order chi connectivity index (χ1) is 11.8. The van der Waals surface area contributed by atoms with Crippen molar-refractivity contribution in [1.29, 1.82) is 0 Å². The molecule has 1 fully saturated rings. The fourth-order valence-electron chi connectivity index (χ4n) is 3.14. The van der Waals surface area contributed by atoms with Crippen molar-refractivity contribution in [3.05, 3.63) is 35.9 Å². The zero-order valence-corrected chi connectivity index (χ0v) is 15.3.